The van der Waals surface area contributed by atoms with Gasteiger partial charge in [-0.05, 0) is 38.5 Å². The molecule has 3 heteroatoms. The predicted molar refractivity (Wildman–Crippen MR) is 72.2 cm³/mol. The highest BCUT2D eigenvalue weighted by atomic mass is 16.3. The first-order valence-electron chi connectivity index (χ1n) is 7.67. The molecule has 3 atom stereocenters. The summed E-state index contributed by atoms with van der Waals surface area (Å²) in [7, 11) is 0. The molecule has 0 aromatic heterocycles. The van der Waals surface area contributed by atoms with Crippen LogP contribution in [0.5, 0.6) is 0 Å². The first-order chi connectivity index (χ1) is 8.69. The fourth-order valence-electron chi connectivity index (χ4n) is 3.80. The van der Waals surface area contributed by atoms with Crippen molar-refractivity contribution in [2.75, 3.05) is 6.54 Å². The number of nitrogens with zero attached hydrogens (tertiary/aromatic N) is 1. The summed E-state index contributed by atoms with van der Waals surface area (Å²) >= 11 is 0. The number of rotatable bonds is 4. The van der Waals surface area contributed by atoms with E-state index >= 15 is 0 Å². The van der Waals surface area contributed by atoms with Crippen molar-refractivity contribution in [1.29, 1.82) is 0 Å². The van der Waals surface area contributed by atoms with Crippen LogP contribution in [0.15, 0.2) is 0 Å². The molecule has 104 valence electrons. The van der Waals surface area contributed by atoms with Crippen LogP contribution in [0.3, 0.4) is 0 Å². The van der Waals surface area contributed by atoms with Crippen molar-refractivity contribution in [3.05, 3.63) is 0 Å². The second-order valence-electron chi connectivity index (χ2n) is 5.92. The maximum Gasteiger partial charge on any atom is 0.225 e. The van der Waals surface area contributed by atoms with Crippen LogP contribution in [0.25, 0.3) is 0 Å². The van der Waals surface area contributed by atoms with Crippen LogP contribution in [0.4, 0.5) is 0 Å². The number of aliphatic hydroxyl groups excluding tert-OH is 1. The molecular formula is C15H27NO2. The highest BCUT2D eigenvalue weighted by Crippen LogP contribution is 2.36. The van der Waals surface area contributed by atoms with Gasteiger partial charge in [-0.1, -0.05) is 20.3 Å². The first-order valence-corrected chi connectivity index (χ1v) is 7.67. The molecule has 1 aliphatic carbocycles. The van der Waals surface area contributed by atoms with Gasteiger partial charge in [-0.25, -0.2) is 0 Å². The minimum Gasteiger partial charge on any atom is -0.393 e. The monoisotopic (exact) mass is 253 g/mol. The maximum atomic E-state index is 12.5. The quantitative estimate of drug-likeness (QED) is 0.836. The molecule has 3 nitrogen and oxygen atoms in total. The van der Waals surface area contributed by atoms with Crippen molar-refractivity contribution in [1.82, 2.24) is 4.90 Å². The van der Waals surface area contributed by atoms with Crippen molar-refractivity contribution in [3.8, 4) is 0 Å². The van der Waals surface area contributed by atoms with Crippen molar-refractivity contribution in [2.45, 2.75) is 70.9 Å². The lowest BCUT2D eigenvalue weighted by atomic mass is 9.92. The van der Waals surface area contributed by atoms with Crippen LogP contribution in [-0.2, 0) is 4.79 Å². The van der Waals surface area contributed by atoms with E-state index in [1.54, 1.807) is 0 Å². The predicted octanol–water partition coefficient (Wildman–Crippen LogP) is 2.57. The van der Waals surface area contributed by atoms with E-state index in [0.29, 0.717) is 17.9 Å². The Hall–Kier alpha value is -0.570. The molecule has 2 rings (SSSR count). The number of carbonyl (C=O) groups is 1. The third kappa shape index (κ3) is 2.56. The van der Waals surface area contributed by atoms with Crippen molar-refractivity contribution in [3.63, 3.8) is 0 Å². The minimum atomic E-state index is -0.176. The zero-order valence-corrected chi connectivity index (χ0v) is 11.8. The molecule has 0 aromatic rings. The standard InChI is InChI=1S/C15H27NO2/c1-3-11(4-2)15(18)16-10-6-8-13(16)12-7-5-9-14(12)17/h11-14,17H,3-10H2,1-2H3. The summed E-state index contributed by atoms with van der Waals surface area (Å²) in [6, 6.07) is 0.315. The van der Waals surface area contributed by atoms with Gasteiger partial charge in [0.1, 0.15) is 0 Å². The molecule has 18 heavy (non-hydrogen) atoms. The Morgan fingerprint density at radius 2 is 1.94 bits per heavy atom. The molecule has 1 amide bonds. The molecule has 0 aromatic carbocycles. The summed E-state index contributed by atoms with van der Waals surface area (Å²) in [5, 5.41) is 10.1. The van der Waals surface area contributed by atoms with Crippen LogP contribution in [0.1, 0.15) is 58.8 Å². The molecule has 3 unspecified atom stereocenters. The summed E-state index contributed by atoms with van der Waals surface area (Å²) in [6.45, 7) is 5.10. The molecule has 0 radical (unpaired) electrons. The van der Waals surface area contributed by atoms with E-state index in [2.05, 4.69) is 18.7 Å². The Balaban J connectivity index is 2.05. The number of hydrogen-bond acceptors (Lipinski definition) is 2. The second kappa shape index (κ2) is 6.05. The normalized spacial score (nSPS) is 32.4. The highest BCUT2D eigenvalue weighted by Gasteiger charge is 2.40. The zero-order valence-electron chi connectivity index (χ0n) is 11.8. The minimum absolute atomic E-state index is 0.176. The summed E-state index contributed by atoms with van der Waals surface area (Å²) in [5.74, 6) is 0.858. The lowest BCUT2D eigenvalue weighted by molar-refractivity contribution is -0.138. The molecule has 1 saturated heterocycles. The summed E-state index contributed by atoms with van der Waals surface area (Å²) < 4.78 is 0. The topological polar surface area (TPSA) is 40.5 Å². The average Bonchev–Trinajstić information content (AvgIpc) is 2.98. The van der Waals surface area contributed by atoms with Crippen LogP contribution < -0.4 is 0 Å². The number of amides is 1. The molecule has 0 spiro atoms. The lowest BCUT2D eigenvalue weighted by Gasteiger charge is -2.33. The van der Waals surface area contributed by atoms with E-state index in [0.717, 1.165) is 51.5 Å². The van der Waals surface area contributed by atoms with Gasteiger partial charge >= 0.3 is 0 Å². The third-order valence-electron chi connectivity index (χ3n) is 4.94. The van der Waals surface area contributed by atoms with Crippen LogP contribution in [0, 0.1) is 11.8 Å². The van der Waals surface area contributed by atoms with E-state index in [1.807, 2.05) is 0 Å². The molecule has 2 aliphatic rings. The van der Waals surface area contributed by atoms with Crippen LogP contribution in [-0.4, -0.2) is 34.6 Å². The number of carbonyl (C=O) groups excluding carboxylic acids is 1. The fraction of sp³-hybridized carbons (Fsp3) is 0.933. The molecule has 0 bridgehead atoms. The largest absolute Gasteiger partial charge is 0.393 e. The third-order valence-corrected chi connectivity index (χ3v) is 4.94. The summed E-state index contributed by atoms with van der Waals surface area (Å²) in [5.41, 5.74) is 0. The second-order valence-corrected chi connectivity index (χ2v) is 5.92. The van der Waals surface area contributed by atoms with Gasteiger partial charge in [0.15, 0.2) is 0 Å². The summed E-state index contributed by atoms with van der Waals surface area (Å²) in [4.78, 5) is 14.6. The van der Waals surface area contributed by atoms with Crippen LogP contribution >= 0.6 is 0 Å². The number of aliphatic hydroxyl groups is 1. The zero-order chi connectivity index (χ0) is 13.1. The Labute approximate surface area is 111 Å². The SMILES string of the molecule is CCC(CC)C(=O)N1CCCC1C1CCCC1O. The molecule has 1 saturated carbocycles. The van der Waals surface area contributed by atoms with Gasteiger partial charge in [0.2, 0.25) is 5.91 Å². The van der Waals surface area contributed by atoms with Gasteiger partial charge < -0.3 is 10.0 Å². The Morgan fingerprint density at radius 3 is 2.50 bits per heavy atom. The molecule has 2 fully saturated rings. The van der Waals surface area contributed by atoms with E-state index in [4.69, 9.17) is 0 Å². The molecule has 1 N–H and O–H groups in total. The number of hydrogen-bond donors (Lipinski definition) is 1. The van der Waals surface area contributed by atoms with E-state index in [1.165, 1.54) is 0 Å². The van der Waals surface area contributed by atoms with Crippen molar-refractivity contribution in [2.24, 2.45) is 11.8 Å². The van der Waals surface area contributed by atoms with E-state index < -0.39 is 0 Å². The van der Waals surface area contributed by atoms with Crippen molar-refractivity contribution >= 4 is 5.91 Å². The average molecular weight is 253 g/mol. The van der Waals surface area contributed by atoms with Crippen molar-refractivity contribution < 1.29 is 9.90 Å². The lowest BCUT2D eigenvalue weighted by Crippen LogP contribution is -2.44. The number of likely N-dealkylation sites (tertiary alicyclic amines) is 1. The van der Waals surface area contributed by atoms with E-state index in [-0.39, 0.29) is 12.0 Å². The summed E-state index contributed by atoms with van der Waals surface area (Å²) in [6.07, 6.45) is 7.04. The van der Waals surface area contributed by atoms with E-state index in [9.17, 15) is 9.90 Å². The van der Waals surface area contributed by atoms with Gasteiger partial charge in [-0.3, -0.25) is 4.79 Å². The van der Waals surface area contributed by atoms with Crippen LogP contribution in [0.2, 0.25) is 0 Å². The highest BCUT2D eigenvalue weighted by molar-refractivity contribution is 5.79. The molecule has 1 heterocycles. The van der Waals surface area contributed by atoms with Gasteiger partial charge in [0, 0.05) is 24.4 Å². The van der Waals surface area contributed by atoms with Gasteiger partial charge in [-0.15, -0.1) is 0 Å². The Morgan fingerprint density at radius 1 is 1.22 bits per heavy atom. The van der Waals surface area contributed by atoms with Gasteiger partial charge in [-0.2, -0.15) is 0 Å². The maximum absolute atomic E-state index is 12.5. The Kier molecular flexibility index (Phi) is 4.66. The molecule has 1 aliphatic heterocycles. The fourth-order valence-corrected chi connectivity index (χ4v) is 3.80. The molecular weight excluding hydrogens is 226 g/mol. The van der Waals surface area contributed by atoms with Gasteiger partial charge in [0.05, 0.1) is 6.10 Å². The first kappa shape index (κ1) is 13.9. The smallest absolute Gasteiger partial charge is 0.225 e. The Bertz CT molecular complexity index is 288. The van der Waals surface area contributed by atoms with Gasteiger partial charge in [0.25, 0.3) is 0 Å².